The molecule has 0 aliphatic heterocycles. The first kappa shape index (κ1) is 29.8. The molecule has 0 spiro atoms. The van der Waals surface area contributed by atoms with Gasteiger partial charge in [-0.05, 0) is 71.3 Å². The molecular weight excluding hydrogens is 552 g/mol. The predicted octanol–water partition coefficient (Wildman–Crippen LogP) is 4.26. The van der Waals surface area contributed by atoms with Crippen LogP contribution in [0.25, 0.3) is 0 Å². The highest BCUT2D eigenvalue weighted by atomic mass is 32.2. The Hall–Kier alpha value is -5.16. The largest absolute Gasteiger partial charge is 0.493 e. The van der Waals surface area contributed by atoms with E-state index in [1.54, 1.807) is 24.3 Å². The Bertz CT molecular complexity index is 1770. The highest BCUT2D eigenvalue weighted by molar-refractivity contribution is 7.91. The molecule has 0 saturated carbocycles. The quantitative estimate of drug-likeness (QED) is 0.234. The molecule has 0 bridgehead atoms. The van der Waals surface area contributed by atoms with Crippen molar-refractivity contribution in [2.45, 2.75) is 29.2 Å². The fourth-order valence-corrected chi connectivity index (χ4v) is 6.07. The third kappa shape index (κ3) is 6.94. The monoisotopic (exact) mass is 580 g/mol. The van der Waals surface area contributed by atoms with Crippen molar-refractivity contribution in [3.05, 3.63) is 118 Å². The van der Waals surface area contributed by atoms with Gasteiger partial charge in [0.25, 0.3) is 0 Å². The first-order valence-electron chi connectivity index (χ1n) is 13.0. The zero-order valence-corrected chi connectivity index (χ0v) is 23.4. The van der Waals surface area contributed by atoms with Crippen molar-refractivity contribution in [2.75, 3.05) is 13.2 Å². The molecule has 0 unspecified atom stereocenters. The Balaban J connectivity index is 1.51. The molecule has 4 rings (SSSR count). The number of nitriles is 2. The number of rotatable bonds is 12. The Labute approximate surface area is 244 Å². The molecule has 4 aromatic rings. The lowest BCUT2D eigenvalue weighted by Crippen LogP contribution is -2.19. The van der Waals surface area contributed by atoms with Crippen LogP contribution in [0.1, 0.15) is 44.6 Å². The number of sulfone groups is 1. The number of carbonyl (C=O) groups is 1. The number of primary amides is 1. The third-order valence-electron chi connectivity index (χ3n) is 6.48. The molecule has 0 aromatic heterocycles. The Morgan fingerprint density at radius 3 is 1.98 bits per heavy atom. The summed E-state index contributed by atoms with van der Waals surface area (Å²) >= 11 is 0. The van der Waals surface area contributed by atoms with Gasteiger partial charge in [0.2, 0.25) is 15.7 Å². The number of carbonyl (C=O) groups excluding carboxylic acids is 1. The summed E-state index contributed by atoms with van der Waals surface area (Å²) in [7, 11) is -4.33. The minimum Gasteiger partial charge on any atom is -0.493 e. The summed E-state index contributed by atoms with van der Waals surface area (Å²) in [5.41, 5.74) is 13.0. The summed E-state index contributed by atoms with van der Waals surface area (Å²) in [6.07, 6.45) is 0.688. The van der Waals surface area contributed by atoms with E-state index < -0.39 is 15.7 Å². The van der Waals surface area contributed by atoms with Crippen LogP contribution in [-0.4, -0.2) is 27.5 Å². The topological polar surface area (TPSA) is 169 Å². The molecule has 0 aliphatic carbocycles. The normalized spacial score (nSPS) is 10.8. The molecule has 4 aromatic carbocycles. The predicted molar refractivity (Wildman–Crippen MR) is 155 cm³/mol. The summed E-state index contributed by atoms with van der Waals surface area (Å²) in [5.74, 6) is 0.419. The van der Waals surface area contributed by atoms with Crippen molar-refractivity contribution in [2.24, 2.45) is 11.5 Å². The standard InChI is InChI=1S/C32H28N4O5S/c33-19-23-7-12-27(13-8-23)41-16-2-15-40-26-10-5-22(6-11-26)18-30-25(21-35)9-14-29(32(36)37)31(30)42(38,39)28-4-1-3-24(17-28)20-34/h1,3-14,17H,2,15-16,18-19,33H2,(H2,36,37). The average Bonchev–Trinajstić information content (AvgIpc) is 3.01. The van der Waals surface area contributed by atoms with Gasteiger partial charge >= 0.3 is 0 Å². The van der Waals surface area contributed by atoms with Crippen LogP contribution in [0.15, 0.2) is 94.7 Å². The number of ether oxygens (including phenoxy) is 2. The number of nitrogens with two attached hydrogens (primary N) is 2. The summed E-state index contributed by atoms with van der Waals surface area (Å²) in [4.78, 5) is 11.8. The van der Waals surface area contributed by atoms with Crippen LogP contribution < -0.4 is 20.9 Å². The second-order valence-corrected chi connectivity index (χ2v) is 11.2. The summed E-state index contributed by atoms with van der Waals surface area (Å²) in [5, 5.41) is 19.1. The van der Waals surface area contributed by atoms with E-state index >= 15 is 0 Å². The van der Waals surface area contributed by atoms with Gasteiger partial charge in [0.1, 0.15) is 11.5 Å². The first-order chi connectivity index (χ1) is 20.3. The van der Waals surface area contributed by atoms with E-state index in [9.17, 15) is 23.7 Å². The second kappa shape index (κ2) is 13.5. The van der Waals surface area contributed by atoms with Crippen LogP contribution in [0, 0.1) is 22.7 Å². The van der Waals surface area contributed by atoms with E-state index in [-0.39, 0.29) is 38.5 Å². The van der Waals surface area contributed by atoms with Gasteiger partial charge in [0.05, 0.1) is 51.8 Å². The molecule has 0 radical (unpaired) electrons. The minimum atomic E-state index is -4.33. The summed E-state index contributed by atoms with van der Waals surface area (Å²) < 4.78 is 39.1. The second-order valence-electron chi connectivity index (χ2n) is 9.31. The van der Waals surface area contributed by atoms with Gasteiger partial charge in [0.15, 0.2) is 0 Å². The molecule has 0 aliphatic rings. The highest BCUT2D eigenvalue weighted by Gasteiger charge is 2.29. The van der Waals surface area contributed by atoms with E-state index in [0.29, 0.717) is 37.5 Å². The Morgan fingerprint density at radius 1 is 0.810 bits per heavy atom. The average molecular weight is 581 g/mol. The third-order valence-corrected chi connectivity index (χ3v) is 8.36. The van der Waals surface area contributed by atoms with E-state index in [1.165, 1.54) is 36.4 Å². The summed E-state index contributed by atoms with van der Waals surface area (Å²) in [6, 6.07) is 26.6. The highest BCUT2D eigenvalue weighted by Crippen LogP contribution is 2.32. The van der Waals surface area contributed by atoms with Gasteiger partial charge in [-0.2, -0.15) is 10.5 Å². The Morgan fingerprint density at radius 2 is 1.43 bits per heavy atom. The lowest BCUT2D eigenvalue weighted by molar-refractivity contribution is 0.0997. The van der Waals surface area contributed by atoms with Gasteiger partial charge in [-0.1, -0.05) is 30.3 Å². The fraction of sp³-hybridized carbons (Fsp3) is 0.156. The molecule has 42 heavy (non-hydrogen) atoms. The molecule has 9 nitrogen and oxygen atoms in total. The number of hydrogen-bond donors (Lipinski definition) is 2. The SMILES string of the molecule is N#Cc1cccc(S(=O)(=O)c2c(C(N)=O)ccc(C#N)c2Cc2ccc(OCCCOc3ccc(CN)cc3)cc2)c1. The van der Waals surface area contributed by atoms with Crippen LogP contribution in [0.2, 0.25) is 0 Å². The van der Waals surface area contributed by atoms with Crippen molar-refractivity contribution in [1.29, 1.82) is 10.5 Å². The van der Waals surface area contributed by atoms with Crippen LogP contribution >= 0.6 is 0 Å². The Kier molecular flexibility index (Phi) is 9.56. The minimum absolute atomic E-state index is 0.0353. The smallest absolute Gasteiger partial charge is 0.250 e. The van der Waals surface area contributed by atoms with Crippen LogP contribution in [0.4, 0.5) is 0 Å². The van der Waals surface area contributed by atoms with Crippen molar-refractivity contribution in [3.8, 4) is 23.6 Å². The molecule has 4 N–H and O–H groups in total. The number of amides is 1. The molecule has 10 heteroatoms. The van der Waals surface area contributed by atoms with Crippen molar-refractivity contribution in [3.63, 3.8) is 0 Å². The lowest BCUT2D eigenvalue weighted by atomic mass is 9.97. The fourth-order valence-electron chi connectivity index (χ4n) is 4.33. The van der Waals surface area contributed by atoms with Gasteiger partial charge in [0, 0.05) is 19.4 Å². The maximum atomic E-state index is 13.8. The van der Waals surface area contributed by atoms with Crippen molar-refractivity contribution < 1.29 is 22.7 Å². The first-order valence-corrected chi connectivity index (χ1v) is 14.5. The van der Waals surface area contributed by atoms with Gasteiger partial charge in [-0.15, -0.1) is 0 Å². The van der Waals surface area contributed by atoms with Gasteiger partial charge in [-0.25, -0.2) is 8.42 Å². The molecule has 0 fully saturated rings. The van der Waals surface area contributed by atoms with Gasteiger partial charge in [-0.3, -0.25) is 4.79 Å². The number of nitrogens with zero attached hydrogens (tertiary/aromatic N) is 2. The van der Waals surface area contributed by atoms with Crippen LogP contribution in [0.5, 0.6) is 11.5 Å². The van der Waals surface area contributed by atoms with Crippen LogP contribution in [0.3, 0.4) is 0 Å². The molecule has 0 atom stereocenters. The number of hydrogen-bond acceptors (Lipinski definition) is 8. The lowest BCUT2D eigenvalue weighted by Gasteiger charge is -2.16. The van der Waals surface area contributed by atoms with E-state index in [1.807, 2.05) is 36.4 Å². The maximum absolute atomic E-state index is 13.8. The van der Waals surface area contributed by atoms with E-state index in [4.69, 9.17) is 20.9 Å². The molecule has 0 saturated heterocycles. The molecule has 0 heterocycles. The van der Waals surface area contributed by atoms with Gasteiger partial charge < -0.3 is 20.9 Å². The molecule has 1 amide bonds. The van der Waals surface area contributed by atoms with Crippen molar-refractivity contribution in [1.82, 2.24) is 0 Å². The van der Waals surface area contributed by atoms with E-state index in [0.717, 1.165) is 11.3 Å². The van der Waals surface area contributed by atoms with Crippen LogP contribution in [-0.2, 0) is 22.8 Å². The van der Waals surface area contributed by atoms with Crippen molar-refractivity contribution >= 4 is 15.7 Å². The zero-order valence-electron chi connectivity index (χ0n) is 22.6. The number of benzene rings is 4. The maximum Gasteiger partial charge on any atom is 0.250 e. The summed E-state index contributed by atoms with van der Waals surface area (Å²) in [6.45, 7) is 1.37. The molecule has 212 valence electrons. The zero-order chi connectivity index (χ0) is 30.1. The van der Waals surface area contributed by atoms with E-state index in [2.05, 4.69) is 0 Å². The molecular formula is C32H28N4O5S.